The predicted molar refractivity (Wildman–Crippen MR) is 163 cm³/mol. The van der Waals surface area contributed by atoms with Crippen LogP contribution in [-0.4, -0.2) is 81.6 Å². The number of phenolic OH excluding ortho intramolecular Hbond substituents is 2. The van der Waals surface area contributed by atoms with Gasteiger partial charge in [-0.2, -0.15) is 0 Å². The summed E-state index contributed by atoms with van der Waals surface area (Å²) in [5, 5.41) is 36.4. The topological polar surface area (TPSA) is 299 Å². The van der Waals surface area contributed by atoms with E-state index in [4.69, 9.17) is 22.9 Å². The fraction of sp³-hybridized carbons (Fsp3) is 0.379. The molecular formula is C29H40N8O8. The number of benzene rings is 2. The molecule has 0 fully saturated rings. The fourth-order valence-electron chi connectivity index (χ4n) is 4.17. The maximum atomic E-state index is 13.4. The maximum Gasteiger partial charge on any atom is 0.326 e. The van der Waals surface area contributed by atoms with Crippen LogP contribution in [0.3, 0.4) is 0 Å². The lowest BCUT2D eigenvalue weighted by Gasteiger charge is -2.25. The molecule has 0 heterocycles. The number of carbonyl (C=O) groups is 5. The van der Waals surface area contributed by atoms with Crippen molar-refractivity contribution >= 4 is 35.6 Å². The van der Waals surface area contributed by atoms with Crippen molar-refractivity contribution in [3.05, 3.63) is 59.7 Å². The van der Waals surface area contributed by atoms with Gasteiger partial charge in [0.05, 0.1) is 6.04 Å². The number of amides is 4. The summed E-state index contributed by atoms with van der Waals surface area (Å²) in [6, 6.07) is 6.43. The fourth-order valence-corrected chi connectivity index (χ4v) is 4.17. The summed E-state index contributed by atoms with van der Waals surface area (Å²) in [4.78, 5) is 67.0. The van der Waals surface area contributed by atoms with Crippen molar-refractivity contribution in [2.75, 3.05) is 6.54 Å². The summed E-state index contributed by atoms with van der Waals surface area (Å²) in [7, 11) is 0. The van der Waals surface area contributed by atoms with Gasteiger partial charge >= 0.3 is 5.97 Å². The molecule has 2 rings (SSSR count). The van der Waals surface area contributed by atoms with Crippen LogP contribution in [0, 0.1) is 0 Å². The highest BCUT2D eigenvalue weighted by Gasteiger charge is 2.31. The highest BCUT2D eigenvalue weighted by Crippen LogP contribution is 2.14. The van der Waals surface area contributed by atoms with Gasteiger partial charge in [0.25, 0.3) is 0 Å². The zero-order valence-electron chi connectivity index (χ0n) is 24.5. The van der Waals surface area contributed by atoms with E-state index in [9.17, 15) is 39.3 Å². The molecule has 0 aromatic heterocycles. The van der Waals surface area contributed by atoms with Crippen LogP contribution in [0.2, 0.25) is 0 Å². The lowest BCUT2D eigenvalue weighted by atomic mass is 10.0. The van der Waals surface area contributed by atoms with E-state index < -0.39 is 53.8 Å². The zero-order valence-corrected chi connectivity index (χ0v) is 24.5. The van der Waals surface area contributed by atoms with E-state index >= 15 is 0 Å². The van der Waals surface area contributed by atoms with E-state index in [0.717, 1.165) is 0 Å². The molecule has 4 amide bonds. The number of aliphatic carboxylic acids is 1. The number of aliphatic imine (C=N–C) groups is 1. The molecule has 0 saturated carbocycles. The van der Waals surface area contributed by atoms with Crippen LogP contribution in [0.5, 0.6) is 11.5 Å². The molecule has 0 aliphatic carbocycles. The first-order valence-electron chi connectivity index (χ1n) is 14.0. The first-order valence-corrected chi connectivity index (χ1v) is 14.0. The quantitative estimate of drug-likeness (QED) is 0.0492. The normalized spacial score (nSPS) is 13.4. The van der Waals surface area contributed by atoms with Gasteiger partial charge < -0.3 is 54.2 Å². The molecule has 14 N–H and O–H groups in total. The van der Waals surface area contributed by atoms with Gasteiger partial charge in [-0.3, -0.25) is 24.2 Å². The highest BCUT2D eigenvalue weighted by atomic mass is 16.4. The van der Waals surface area contributed by atoms with Crippen molar-refractivity contribution in [2.24, 2.45) is 27.9 Å². The highest BCUT2D eigenvalue weighted by molar-refractivity contribution is 5.94. The summed E-state index contributed by atoms with van der Waals surface area (Å²) in [5.74, 6) is -4.64. The van der Waals surface area contributed by atoms with E-state index in [0.29, 0.717) is 17.5 Å². The van der Waals surface area contributed by atoms with E-state index in [1.165, 1.54) is 48.5 Å². The number of rotatable bonds is 18. The average Bonchev–Trinajstić information content (AvgIpc) is 2.98. The molecule has 45 heavy (non-hydrogen) atoms. The SMILES string of the molecule is NC(=O)CCC(NC(=O)C(N)CCCN=C(N)N)C(=O)NC(Cc1ccc(O)cc1)C(=O)NC(Cc1ccc(O)cc1)C(=O)O. The second kappa shape index (κ2) is 17.7. The van der Waals surface area contributed by atoms with Crippen LogP contribution in [0.1, 0.15) is 36.8 Å². The molecule has 0 aliphatic heterocycles. The minimum atomic E-state index is -1.40. The number of carboxylic acids is 1. The van der Waals surface area contributed by atoms with Gasteiger partial charge in [0.1, 0.15) is 29.6 Å². The molecule has 2 aromatic rings. The van der Waals surface area contributed by atoms with Gasteiger partial charge in [-0.05, 0) is 54.7 Å². The van der Waals surface area contributed by atoms with Crippen LogP contribution in [0.4, 0.5) is 0 Å². The molecule has 0 bridgehead atoms. The van der Waals surface area contributed by atoms with Crippen molar-refractivity contribution in [2.45, 2.75) is 62.7 Å². The molecule has 4 unspecified atom stereocenters. The number of aromatic hydroxyl groups is 2. The van der Waals surface area contributed by atoms with Crippen molar-refractivity contribution in [1.29, 1.82) is 0 Å². The van der Waals surface area contributed by atoms with Crippen LogP contribution < -0.4 is 38.9 Å². The smallest absolute Gasteiger partial charge is 0.326 e. The summed E-state index contributed by atoms with van der Waals surface area (Å²) in [6.07, 6.45) is -0.186. The minimum absolute atomic E-state index is 0.0174. The third-order valence-electron chi connectivity index (χ3n) is 6.62. The Morgan fingerprint density at radius 3 is 1.64 bits per heavy atom. The van der Waals surface area contributed by atoms with E-state index in [1.54, 1.807) is 0 Å². The molecule has 0 spiro atoms. The molecular weight excluding hydrogens is 588 g/mol. The second-order valence-electron chi connectivity index (χ2n) is 10.3. The molecule has 0 aliphatic rings. The molecule has 2 aromatic carbocycles. The lowest BCUT2D eigenvalue weighted by molar-refractivity contribution is -0.142. The maximum absolute atomic E-state index is 13.4. The summed E-state index contributed by atoms with van der Waals surface area (Å²) < 4.78 is 0. The van der Waals surface area contributed by atoms with Crippen molar-refractivity contribution in [1.82, 2.24) is 16.0 Å². The van der Waals surface area contributed by atoms with Crippen LogP contribution >= 0.6 is 0 Å². The van der Waals surface area contributed by atoms with Crippen molar-refractivity contribution < 1.29 is 39.3 Å². The third kappa shape index (κ3) is 13.2. The van der Waals surface area contributed by atoms with Gasteiger partial charge in [0.2, 0.25) is 23.6 Å². The van der Waals surface area contributed by atoms with Gasteiger partial charge in [-0.15, -0.1) is 0 Å². The number of guanidine groups is 1. The molecule has 4 atom stereocenters. The number of carboxylic acid groups (broad SMARTS) is 1. The minimum Gasteiger partial charge on any atom is -0.508 e. The van der Waals surface area contributed by atoms with Crippen LogP contribution in [0.15, 0.2) is 53.5 Å². The average molecular weight is 629 g/mol. The number of nitrogens with two attached hydrogens (primary N) is 4. The number of nitrogens with one attached hydrogen (secondary N) is 3. The predicted octanol–water partition coefficient (Wildman–Crippen LogP) is -1.93. The zero-order chi connectivity index (χ0) is 33.5. The molecule has 16 nitrogen and oxygen atoms in total. The van der Waals surface area contributed by atoms with E-state index in [2.05, 4.69) is 20.9 Å². The Kier molecular flexibility index (Phi) is 14.1. The number of carbonyl (C=O) groups excluding carboxylic acids is 4. The van der Waals surface area contributed by atoms with Gasteiger partial charge in [-0.25, -0.2) is 4.79 Å². The first-order chi connectivity index (χ1) is 21.2. The Balaban J connectivity index is 2.24. The standard InChI is InChI=1S/C29H40N8O8/c30-20(2-1-13-34-29(32)33)25(41)35-21(11-12-24(31)40)26(42)36-22(14-16-3-7-18(38)8-4-16)27(43)37-23(28(44)45)15-17-5-9-19(39)10-6-17/h3-10,20-23,38-39H,1-2,11-15,30H2,(H2,31,40)(H,35,41)(H,36,42)(H,37,43)(H,44,45)(H4,32,33,34). The van der Waals surface area contributed by atoms with Crippen molar-refractivity contribution in [3.63, 3.8) is 0 Å². The van der Waals surface area contributed by atoms with E-state index in [-0.39, 0.29) is 56.1 Å². The Hall–Kier alpha value is -5.38. The summed E-state index contributed by atoms with van der Waals surface area (Å²) in [5.41, 5.74) is 22.8. The molecule has 16 heteroatoms. The van der Waals surface area contributed by atoms with Gasteiger partial charge in [0.15, 0.2) is 5.96 Å². The summed E-state index contributed by atoms with van der Waals surface area (Å²) in [6.45, 7) is 0.229. The third-order valence-corrected chi connectivity index (χ3v) is 6.62. The van der Waals surface area contributed by atoms with Gasteiger partial charge in [0, 0.05) is 25.8 Å². The summed E-state index contributed by atoms with van der Waals surface area (Å²) >= 11 is 0. The lowest BCUT2D eigenvalue weighted by Crippen LogP contribution is -2.58. The number of hydrogen-bond acceptors (Lipinski definition) is 9. The van der Waals surface area contributed by atoms with E-state index in [1.807, 2.05) is 0 Å². The van der Waals surface area contributed by atoms with Gasteiger partial charge in [-0.1, -0.05) is 24.3 Å². The Labute approximate surface area is 259 Å². The Morgan fingerprint density at radius 1 is 0.689 bits per heavy atom. The number of nitrogens with zero attached hydrogens (tertiary/aromatic N) is 1. The number of phenols is 2. The molecule has 0 radical (unpaired) electrons. The monoisotopic (exact) mass is 628 g/mol. The van der Waals surface area contributed by atoms with Crippen LogP contribution in [0.25, 0.3) is 0 Å². The Morgan fingerprint density at radius 2 is 1.16 bits per heavy atom. The van der Waals surface area contributed by atoms with Crippen molar-refractivity contribution in [3.8, 4) is 11.5 Å². The molecule has 244 valence electrons. The molecule has 0 saturated heterocycles. The number of primary amides is 1. The Bertz CT molecular complexity index is 1350. The second-order valence-corrected chi connectivity index (χ2v) is 10.3. The van der Waals surface area contributed by atoms with Crippen LogP contribution in [-0.2, 0) is 36.8 Å². The number of hydrogen-bond donors (Lipinski definition) is 10. The largest absolute Gasteiger partial charge is 0.508 e. The first kappa shape index (κ1) is 35.8.